The molecular formula is C9H17N3O4. The topological polar surface area (TPSA) is 105 Å². The lowest BCUT2D eigenvalue weighted by Crippen LogP contribution is -2.56. The number of hydrogen-bond acceptors (Lipinski definition) is 4. The Labute approximate surface area is 93.5 Å². The highest BCUT2D eigenvalue weighted by atomic mass is 16.5. The number of hydrogen-bond donors (Lipinski definition) is 3. The van der Waals surface area contributed by atoms with E-state index in [1.165, 1.54) is 4.90 Å². The van der Waals surface area contributed by atoms with Gasteiger partial charge in [-0.2, -0.15) is 0 Å². The fraction of sp³-hybridized carbons (Fsp3) is 0.778. The van der Waals surface area contributed by atoms with Gasteiger partial charge in [0.25, 0.3) is 0 Å². The predicted molar refractivity (Wildman–Crippen MR) is 55.6 cm³/mol. The molecule has 0 aromatic carbocycles. The minimum Gasteiger partial charge on any atom is -0.394 e. The molecule has 0 bridgehead atoms. The third kappa shape index (κ3) is 3.07. The average molecular weight is 231 g/mol. The molecule has 7 heteroatoms. The molecule has 2 unspecified atom stereocenters. The molecule has 0 aliphatic carbocycles. The maximum Gasteiger partial charge on any atom is 0.312 e. The summed E-state index contributed by atoms with van der Waals surface area (Å²) in [5.41, 5.74) is 4.93. The van der Waals surface area contributed by atoms with Gasteiger partial charge in [-0.3, -0.25) is 4.79 Å². The zero-order valence-electron chi connectivity index (χ0n) is 9.18. The van der Waals surface area contributed by atoms with E-state index in [9.17, 15) is 9.59 Å². The molecule has 0 radical (unpaired) electrons. The first-order chi connectivity index (χ1) is 7.56. The third-order valence-electron chi connectivity index (χ3n) is 2.45. The SMILES string of the molecule is CC(NC(N)=O)C(=O)N1CCOCC1CO. The second-order valence-corrected chi connectivity index (χ2v) is 3.67. The first-order valence-corrected chi connectivity index (χ1v) is 5.11. The van der Waals surface area contributed by atoms with Crippen molar-refractivity contribution < 1.29 is 19.4 Å². The highest BCUT2D eigenvalue weighted by molar-refractivity contribution is 5.86. The van der Waals surface area contributed by atoms with Gasteiger partial charge in [-0.05, 0) is 6.92 Å². The van der Waals surface area contributed by atoms with Gasteiger partial charge in [0.2, 0.25) is 5.91 Å². The summed E-state index contributed by atoms with van der Waals surface area (Å²) in [7, 11) is 0. The van der Waals surface area contributed by atoms with Crippen LogP contribution in [0.1, 0.15) is 6.92 Å². The lowest BCUT2D eigenvalue weighted by Gasteiger charge is -2.36. The van der Waals surface area contributed by atoms with Crippen molar-refractivity contribution in [1.82, 2.24) is 10.2 Å². The Kier molecular flexibility index (Phi) is 4.51. The zero-order valence-corrected chi connectivity index (χ0v) is 9.18. The van der Waals surface area contributed by atoms with E-state index in [0.717, 1.165) is 0 Å². The molecule has 16 heavy (non-hydrogen) atoms. The maximum atomic E-state index is 11.9. The van der Waals surface area contributed by atoms with Crippen molar-refractivity contribution in [2.45, 2.75) is 19.0 Å². The van der Waals surface area contributed by atoms with Crippen molar-refractivity contribution in [1.29, 1.82) is 0 Å². The Hall–Kier alpha value is -1.34. The van der Waals surface area contributed by atoms with Gasteiger partial charge < -0.3 is 25.8 Å². The summed E-state index contributed by atoms with van der Waals surface area (Å²) in [6.07, 6.45) is 0. The molecule has 1 heterocycles. The van der Waals surface area contributed by atoms with Crippen molar-refractivity contribution in [3.8, 4) is 0 Å². The summed E-state index contributed by atoms with van der Waals surface area (Å²) in [6, 6.07) is -1.78. The van der Waals surface area contributed by atoms with Gasteiger partial charge in [-0.25, -0.2) is 4.79 Å². The van der Waals surface area contributed by atoms with Crippen LogP contribution in [0, 0.1) is 0 Å². The molecule has 4 N–H and O–H groups in total. The highest BCUT2D eigenvalue weighted by Crippen LogP contribution is 2.08. The Morgan fingerprint density at radius 3 is 2.94 bits per heavy atom. The summed E-state index contributed by atoms with van der Waals surface area (Å²) >= 11 is 0. The number of nitrogens with zero attached hydrogens (tertiary/aromatic N) is 1. The number of aliphatic hydroxyl groups excluding tert-OH is 1. The summed E-state index contributed by atoms with van der Waals surface area (Å²) in [6.45, 7) is 2.55. The predicted octanol–water partition coefficient (Wildman–Crippen LogP) is -1.74. The summed E-state index contributed by atoms with van der Waals surface area (Å²) in [4.78, 5) is 24.0. The number of carbonyl (C=O) groups is 2. The number of urea groups is 1. The van der Waals surface area contributed by atoms with Gasteiger partial charge in [0, 0.05) is 6.54 Å². The number of morpholine rings is 1. The molecule has 0 saturated carbocycles. The van der Waals surface area contributed by atoms with Crippen molar-refractivity contribution in [2.75, 3.05) is 26.4 Å². The lowest BCUT2D eigenvalue weighted by molar-refractivity contribution is -0.143. The number of aliphatic hydroxyl groups is 1. The van der Waals surface area contributed by atoms with Crippen LogP contribution in [0.15, 0.2) is 0 Å². The van der Waals surface area contributed by atoms with Crippen LogP contribution >= 0.6 is 0 Å². The standard InChI is InChI=1S/C9H17N3O4/c1-6(11-9(10)15)8(14)12-2-3-16-5-7(12)4-13/h6-7,13H,2-5H2,1H3,(H3,10,11,15). The van der Waals surface area contributed by atoms with Crippen LogP contribution < -0.4 is 11.1 Å². The van der Waals surface area contributed by atoms with Gasteiger partial charge in [0.1, 0.15) is 6.04 Å². The minimum absolute atomic E-state index is 0.158. The van der Waals surface area contributed by atoms with E-state index in [2.05, 4.69) is 5.32 Å². The third-order valence-corrected chi connectivity index (χ3v) is 2.45. The fourth-order valence-electron chi connectivity index (χ4n) is 1.62. The van der Waals surface area contributed by atoms with E-state index in [-0.39, 0.29) is 18.6 Å². The molecule has 2 atom stereocenters. The number of nitrogens with two attached hydrogens (primary N) is 1. The molecule has 1 fully saturated rings. The van der Waals surface area contributed by atoms with Crippen LogP contribution in [0.3, 0.4) is 0 Å². The van der Waals surface area contributed by atoms with E-state index in [1.807, 2.05) is 0 Å². The van der Waals surface area contributed by atoms with Crippen LogP contribution in [0.25, 0.3) is 0 Å². The van der Waals surface area contributed by atoms with Gasteiger partial charge in [-0.1, -0.05) is 0 Å². The monoisotopic (exact) mass is 231 g/mol. The number of primary amides is 1. The first kappa shape index (κ1) is 12.7. The number of ether oxygens (including phenoxy) is 1. The van der Waals surface area contributed by atoms with Crippen LogP contribution in [0.4, 0.5) is 4.79 Å². The Morgan fingerprint density at radius 1 is 1.69 bits per heavy atom. The highest BCUT2D eigenvalue weighted by Gasteiger charge is 2.29. The van der Waals surface area contributed by atoms with Crippen LogP contribution in [-0.4, -0.2) is 60.4 Å². The minimum atomic E-state index is -0.741. The molecule has 1 aliphatic rings. The van der Waals surface area contributed by atoms with E-state index >= 15 is 0 Å². The Balaban J connectivity index is 2.59. The molecule has 7 nitrogen and oxygen atoms in total. The normalized spacial score (nSPS) is 22.6. The van der Waals surface area contributed by atoms with Gasteiger partial charge in [0.05, 0.1) is 25.9 Å². The summed E-state index contributed by atoms with van der Waals surface area (Å²) in [5, 5.41) is 11.4. The smallest absolute Gasteiger partial charge is 0.312 e. The van der Waals surface area contributed by atoms with Crippen molar-refractivity contribution in [3.63, 3.8) is 0 Å². The van der Waals surface area contributed by atoms with E-state index in [1.54, 1.807) is 6.92 Å². The first-order valence-electron chi connectivity index (χ1n) is 5.11. The molecule has 0 aromatic heterocycles. The fourth-order valence-corrected chi connectivity index (χ4v) is 1.62. The van der Waals surface area contributed by atoms with Crippen LogP contribution in [0.5, 0.6) is 0 Å². The number of rotatable bonds is 3. The average Bonchev–Trinajstić information content (AvgIpc) is 2.27. The molecule has 92 valence electrons. The molecular weight excluding hydrogens is 214 g/mol. The molecule has 3 amide bonds. The molecule has 0 aromatic rings. The van der Waals surface area contributed by atoms with Crippen molar-refractivity contribution in [2.24, 2.45) is 5.73 Å². The zero-order chi connectivity index (χ0) is 12.1. The van der Waals surface area contributed by atoms with E-state index < -0.39 is 12.1 Å². The maximum absolute atomic E-state index is 11.9. The molecule has 0 spiro atoms. The molecule has 1 saturated heterocycles. The largest absolute Gasteiger partial charge is 0.394 e. The number of amides is 3. The quantitative estimate of drug-likeness (QED) is 0.536. The summed E-state index contributed by atoms with van der Waals surface area (Å²) in [5.74, 6) is -0.263. The summed E-state index contributed by atoms with van der Waals surface area (Å²) < 4.78 is 5.15. The second kappa shape index (κ2) is 5.66. The van der Waals surface area contributed by atoms with Crippen LogP contribution in [0.2, 0.25) is 0 Å². The lowest BCUT2D eigenvalue weighted by atomic mass is 10.2. The van der Waals surface area contributed by atoms with Gasteiger partial charge in [-0.15, -0.1) is 0 Å². The Morgan fingerprint density at radius 2 is 2.38 bits per heavy atom. The number of nitrogens with one attached hydrogen (secondary N) is 1. The second-order valence-electron chi connectivity index (χ2n) is 3.67. The van der Waals surface area contributed by atoms with Crippen molar-refractivity contribution >= 4 is 11.9 Å². The van der Waals surface area contributed by atoms with Crippen LogP contribution in [-0.2, 0) is 9.53 Å². The van der Waals surface area contributed by atoms with E-state index in [0.29, 0.717) is 19.8 Å². The molecule has 1 rings (SSSR count). The Bertz CT molecular complexity index is 271. The van der Waals surface area contributed by atoms with E-state index in [4.69, 9.17) is 15.6 Å². The molecule has 1 aliphatic heterocycles. The van der Waals surface area contributed by atoms with Gasteiger partial charge >= 0.3 is 6.03 Å². The van der Waals surface area contributed by atoms with Crippen molar-refractivity contribution in [3.05, 3.63) is 0 Å². The number of carbonyl (C=O) groups excluding carboxylic acids is 2. The van der Waals surface area contributed by atoms with Gasteiger partial charge in [0.15, 0.2) is 0 Å².